The molecule has 0 aliphatic rings. The molecule has 1 unspecified atom stereocenters. The Morgan fingerprint density at radius 2 is 1.93 bits per heavy atom. The highest BCUT2D eigenvalue weighted by Crippen LogP contribution is 2.36. The Hall–Kier alpha value is -1.23. The summed E-state index contributed by atoms with van der Waals surface area (Å²) in [7, 11) is 0. The normalized spacial score (nSPS) is 14.1. The molecule has 0 radical (unpaired) electrons. The van der Waals surface area contributed by atoms with Crippen molar-refractivity contribution < 1.29 is 18.3 Å². The van der Waals surface area contributed by atoms with Crippen LogP contribution in [0, 0.1) is 0 Å². The summed E-state index contributed by atoms with van der Waals surface area (Å²) in [6.45, 7) is 1.63. The Kier molecular flexibility index (Phi) is 2.71. The number of aromatic hydroxyl groups is 1. The number of phenols is 1. The molecule has 0 saturated carbocycles. The minimum Gasteiger partial charge on any atom is -0.507 e. The molecule has 1 atom stereocenters. The number of halogens is 3. The second-order valence-corrected chi connectivity index (χ2v) is 3.06. The number of nitrogens with two attached hydrogens (primary N) is 1. The Morgan fingerprint density at radius 1 is 1.36 bits per heavy atom. The molecular weight excluding hydrogens is 195 g/mol. The van der Waals surface area contributed by atoms with E-state index in [1.165, 1.54) is 6.07 Å². The first kappa shape index (κ1) is 10.8. The number of hydrogen-bond acceptors (Lipinski definition) is 2. The van der Waals surface area contributed by atoms with Crippen LogP contribution in [0.2, 0.25) is 0 Å². The Morgan fingerprint density at radius 3 is 2.29 bits per heavy atom. The largest absolute Gasteiger partial charge is 0.507 e. The highest BCUT2D eigenvalue weighted by atomic mass is 19.4. The van der Waals surface area contributed by atoms with Crippen LogP contribution in [0.5, 0.6) is 5.75 Å². The zero-order chi connectivity index (χ0) is 10.9. The van der Waals surface area contributed by atoms with Crippen LogP contribution in [0.15, 0.2) is 18.2 Å². The summed E-state index contributed by atoms with van der Waals surface area (Å²) in [6, 6.07) is 2.72. The molecule has 14 heavy (non-hydrogen) atoms. The highest BCUT2D eigenvalue weighted by Gasteiger charge is 2.33. The quantitative estimate of drug-likeness (QED) is 0.739. The van der Waals surface area contributed by atoms with Gasteiger partial charge < -0.3 is 10.8 Å². The van der Waals surface area contributed by atoms with Crippen LogP contribution in [-0.4, -0.2) is 5.11 Å². The topological polar surface area (TPSA) is 46.2 Å². The fraction of sp³-hybridized carbons (Fsp3) is 0.333. The van der Waals surface area contributed by atoms with Gasteiger partial charge in [0.2, 0.25) is 0 Å². The van der Waals surface area contributed by atoms with Gasteiger partial charge in [0.1, 0.15) is 5.75 Å². The van der Waals surface area contributed by atoms with Crippen molar-refractivity contribution in [3.63, 3.8) is 0 Å². The average Bonchev–Trinajstić information content (AvgIpc) is 2.01. The average molecular weight is 205 g/mol. The predicted molar refractivity (Wildman–Crippen MR) is 45.7 cm³/mol. The van der Waals surface area contributed by atoms with Gasteiger partial charge in [-0.3, -0.25) is 0 Å². The molecule has 0 spiro atoms. The van der Waals surface area contributed by atoms with E-state index in [2.05, 4.69) is 0 Å². The van der Waals surface area contributed by atoms with Crippen molar-refractivity contribution in [2.45, 2.75) is 19.1 Å². The van der Waals surface area contributed by atoms with Crippen molar-refractivity contribution in [1.82, 2.24) is 0 Å². The van der Waals surface area contributed by atoms with Crippen molar-refractivity contribution in [2.75, 3.05) is 0 Å². The molecule has 5 heteroatoms. The van der Waals surface area contributed by atoms with E-state index in [-0.39, 0.29) is 0 Å². The van der Waals surface area contributed by atoms with Crippen LogP contribution in [0.4, 0.5) is 13.2 Å². The molecule has 0 aliphatic carbocycles. The van der Waals surface area contributed by atoms with E-state index in [0.29, 0.717) is 5.56 Å². The predicted octanol–water partition coefficient (Wildman–Crippen LogP) is 2.43. The van der Waals surface area contributed by atoms with Crippen molar-refractivity contribution >= 4 is 0 Å². The summed E-state index contributed by atoms with van der Waals surface area (Å²) in [5.41, 5.74) is 4.88. The minimum absolute atomic E-state index is 0.400. The second kappa shape index (κ2) is 3.49. The van der Waals surface area contributed by atoms with E-state index in [4.69, 9.17) is 10.8 Å². The molecule has 78 valence electrons. The molecule has 0 saturated heterocycles. The maximum Gasteiger partial charge on any atom is 0.419 e. The first-order valence-corrected chi connectivity index (χ1v) is 3.98. The lowest BCUT2D eigenvalue weighted by Gasteiger charge is -2.11. The van der Waals surface area contributed by atoms with Gasteiger partial charge in [0.15, 0.2) is 0 Å². The Balaban J connectivity index is 3.15. The van der Waals surface area contributed by atoms with Crippen LogP contribution in [-0.2, 0) is 6.18 Å². The number of alkyl halides is 3. The van der Waals surface area contributed by atoms with E-state index in [9.17, 15) is 13.2 Å². The van der Waals surface area contributed by atoms with Crippen LogP contribution < -0.4 is 5.73 Å². The van der Waals surface area contributed by atoms with E-state index >= 15 is 0 Å². The lowest BCUT2D eigenvalue weighted by molar-refractivity contribution is -0.138. The van der Waals surface area contributed by atoms with E-state index < -0.39 is 23.5 Å². The number of rotatable bonds is 1. The SMILES string of the molecule is CC(N)c1ccc(C(F)(F)F)c(O)c1. The highest BCUT2D eigenvalue weighted by molar-refractivity contribution is 5.39. The van der Waals surface area contributed by atoms with Gasteiger partial charge >= 0.3 is 6.18 Å². The van der Waals surface area contributed by atoms with Crippen molar-refractivity contribution in [1.29, 1.82) is 0 Å². The standard InChI is InChI=1S/C9H10F3NO/c1-5(13)6-2-3-7(8(14)4-6)9(10,11)12/h2-5,14H,13H2,1H3. The van der Waals surface area contributed by atoms with Crippen molar-refractivity contribution in [3.05, 3.63) is 29.3 Å². The van der Waals surface area contributed by atoms with Gasteiger partial charge in [0.25, 0.3) is 0 Å². The molecule has 2 nitrogen and oxygen atoms in total. The molecular formula is C9H10F3NO. The first-order valence-electron chi connectivity index (χ1n) is 3.98. The van der Waals surface area contributed by atoms with Crippen LogP contribution in [0.25, 0.3) is 0 Å². The van der Waals surface area contributed by atoms with Gasteiger partial charge in [-0.1, -0.05) is 6.07 Å². The van der Waals surface area contributed by atoms with E-state index in [0.717, 1.165) is 12.1 Å². The molecule has 0 aliphatic heterocycles. The monoisotopic (exact) mass is 205 g/mol. The Labute approximate surface area is 79.2 Å². The van der Waals surface area contributed by atoms with Gasteiger partial charge in [0, 0.05) is 6.04 Å². The lowest BCUT2D eigenvalue weighted by atomic mass is 10.1. The molecule has 3 N–H and O–H groups in total. The fourth-order valence-electron chi connectivity index (χ4n) is 1.07. The van der Waals surface area contributed by atoms with Crippen LogP contribution >= 0.6 is 0 Å². The third-order valence-corrected chi connectivity index (χ3v) is 1.85. The van der Waals surface area contributed by atoms with Gasteiger partial charge in [-0.05, 0) is 24.6 Å². The number of phenolic OH excluding ortho intramolecular Hbond substituents is 1. The first-order chi connectivity index (χ1) is 6.32. The molecule has 1 rings (SSSR count). The zero-order valence-electron chi connectivity index (χ0n) is 7.47. The summed E-state index contributed by atoms with van der Waals surface area (Å²) in [5, 5.41) is 9.10. The van der Waals surface area contributed by atoms with Gasteiger partial charge in [0.05, 0.1) is 5.56 Å². The van der Waals surface area contributed by atoms with E-state index in [1.807, 2.05) is 0 Å². The van der Waals surface area contributed by atoms with Crippen molar-refractivity contribution in [2.24, 2.45) is 5.73 Å². The molecule has 0 bridgehead atoms. The molecule has 1 aromatic carbocycles. The summed E-state index contributed by atoms with van der Waals surface area (Å²) >= 11 is 0. The molecule has 0 heterocycles. The fourth-order valence-corrected chi connectivity index (χ4v) is 1.07. The van der Waals surface area contributed by atoms with E-state index in [1.54, 1.807) is 6.92 Å². The number of benzene rings is 1. The van der Waals surface area contributed by atoms with Gasteiger partial charge in [-0.25, -0.2) is 0 Å². The third kappa shape index (κ3) is 2.17. The second-order valence-electron chi connectivity index (χ2n) is 3.06. The van der Waals surface area contributed by atoms with Gasteiger partial charge in [-0.15, -0.1) is 0 Å². The minimum atomic E-state index is -4.53. The molecule has 1 aromatic rings. The molecule has 0 amide bonds. The summed E-state index contributed by atoms with van der Waals surface area (Å²) in [6.07, 6.45) is -4.53. The smallest absolute Gasteiger partial charge is 0.419 e. The zero-order valence-corrected chi connectivity index (χ0v) is 7.47. The van der Waals surface area contributed by atoms with Crippen LogP contribution in [0.1, 0.15) is 24.1 Å². The van der Waals surface area contributed by atoms with Crippen LogP contribution in [0.3, 0.4) is 0 Å². The number of hydrogen-bond donors (Lipinski definition) is 2. The maximum atomic E-state index is 12.2. The molecule has 0 fully saturated rings. The van der Waals surface area contributed by atoms with Crippen molar-refractivity contribution in [3.8, 4) is 5.75 Å². The molecule has 0 aromatic heterocycles. The summed E-state index contributed by atoms with van der Waals surface area (Å²) < 4.78 is 36.6. The Bertz CT molecular complexity index is 333. The summed E-state index contributed by atoms with van der Waals surface area (Å²) in [5.74, 6) is -0.785. The van der Waals surface area contributed by atoms with Gasteiger partial charge in [-0.2, -0.15) is 13.2 Å². The third-order valence-electron chi connectivity index (χ3n) is 1.85. The lowest BCUT2D eigenvalue weighted by Crippen LogP contribution is -2.08. The summed E-state index contributed by atoms with van der Waals surface area (Å²) in [4.78, 5) is 0. The maximum absolute atomic E-state index is 12.2.